The van der Waals surface area contributed by atoms with E-state index in [0.717, 1.165) is 10.5 Å². The van der Waals surface area contributed by atoms with Gasteiger partial charge < -0.3 is 4.79 Å². The molecule has 2 heterocycles. The average Bonchev–Trinajstić information content (AvgIpc) is 2.87. The van der Waals surface area contributed by atoms with Crippen LogP contribution < -0.4 is 4.90 Å². The Hall–Kier alpha value is -3.28. The van der Waals surface area contributed by atoms with Crippen molar-refractivity contribution in [1.82, 2.24) is 4.90 Å². The van der Waals surface area contributed by atoms with Crippen LogP contribution in [-0.4, -0.2) is 41.0 Å². The number of hydrogen-bond donors (Lipinski definition) is 0. The molecule has 0 N–H and O–H groups in total. The zero-order valence-electron chi connectivity index (χ0n) is 13.4. The van der Waals surface area contributed by atoms with Crippen LogP contribution in [0.3, 0.4) is 0 Å². The van der Waals surface area contributed by atoms with Gasteiger partial charge in [-0.3, -0.25) is 24.2 Å². The van der Waals surface area contributed by atoms with Crippen molar-refractivity contribution in [3.63, 3.8) is 0 Å². The lowest BCUT2D eigenvalue weighted by molar-refractivity contribution is -0.133. The number of aryl methyl sites for hydroxylation is 1. The van der Waals surface area contributed by atoms with E-state index in [1.165, 1.54) is 4.90 Å². The van der Waals surface area contributed by atoms with Gasteiger partial charge in [-0.15, -0.1) is 0 Å². The summed E-state index contributed by atoms with van der Waals surface area (Å²) in [7, 11) is 0. The molecule has 2 unspecified atom stereocenters. The molecule has 1 fully saturated rings. The zero-order valence-corrected chi connectivity index (χ0v) is 13.4. The third-order valence-electron chi connectivity index (χ3n) is 4.73. The summed E-state index contributed by atoms with van der Waals surface area (Å²) in [5, 5.41) is 0. The van der Waals surface area contributed by atoms with Gasteiger partial charge in [0.05, 0.1) is 11.1 Å². The highest BCUT2D eigenvalue weighted by molar-refractivity contribution is 6.25. The Balaban J connectivity index is 1.71. The van der Waals surface area contributed by atoms with E-state index >= 15 is 0 Å². The van der Waals surface area contributed by atoms with Gasteiger partial charge in [0.15, 0.2) is 0 Å². The molecule has 2 atom stereocenters. The Morgan fingerprint density at radius 2 is 1.40 bits per heavy atom. The molecule has 6 heteroatoms. The molecule has 0 radical (unpaired) electrons. The fraction of sp³-hybridized carbons (Fsp3) is 0.158. The van der Waals surface area contributed by atoms with E-state index in [2.05, 4.69) is 0 Å². The van der Waals surface area contributed by atoms with Gasteiger partial charge in [-0.1, -0.05) is 30.3 Å². The van der Waals surface area contributed by atoms with Crippen molar-refractivity contribution in [3.05, 3.63) is 65.2 Å². The molecule has 6 nitrogen and oxygen atoms in total. The first-order valence-corrected chi connectivity index (χ1v) is 7.87. The van der Waals surface area contributed by atoms with Gasteiger partial charge in [-0.2, -0.15) is 0 Å². The van der Waals surface area contributed by atoms with Crippen LogP contribution in [-0.2, 0) is 9.59 Å². The molecule has 0 aliphatic carbocycles. The van der Waals surface area contributed by atoms with E-state index in [0.29, 0.717) is 12.0 Å². The summed E-state index contributed by atoms with van der Waals surface area (Å²) in [5.74, 6) is -1.49. The lowest BCUT2D eigenvalue weighted by Gasteiger charge is -2.47. The van der Waals surface area contributed by atoms with Crippen LogP contribution in [0.15, 0.2) is 48.5 Å². The molecule has 0 spiro atoms. The minimum Gasteiger partial charge on any atom is -0.301 e. The van der Waals surface area contributed by atoms with Crippen LogP contribution in [0.25, 0.3) is 0 Å². The topological polar surface area (TPSA) is 74.8 Å². The average molecular weight is 334 g/mol. The number of fused-ring (bicyclic) bond motifs is 1. The summed E-state index contributed by atoms with van der Waals surface area (Å²) in [6.45, 7) is 1.83. The van der Waals surface area contributed by atoms with Crippen LogP contribution in [0.5, 0.6) is 0 Å². The normalized spacial score (nSPS) is 22.0. The number of aldehydes is 1. The monoisotopic (exact) mass is 334 g/mol. The first-order valence-electron chi connectivity index (χ1n) is 7.87. The van der Waals surface area contributed by atoms with Crippen molar-refractivity contribution in [2.45, 2.75) is 19.0 Å². The molecule has 0 bridgehead atoms. The van der Waals surface area contributed by atoms with Gasteiger partial charge in [0, 0.05) is 5.69 Å². The Morgan fingerprint density at radius 1 is 0.840 bits per heavy atom. The molecule has 0 saturated carbocycles. The maximum absolute atomic E-state index is 12.7. The number of carbonyl (C=O) groups excluding carboxylic acids is 4. The smallest absolute Gasteiger partial charge is 0.262 e. The number of β-lactam (4-membered cyclic amide) rings is 1. The molecule has 2 aromatic carbocycles. The third kappa shape index (κ3) is 1.97. The van der Waals surface area contributed by atoms with E-state index in [4.69, 9.17) is 0 Å². The second-order valence-electron chi connectivity index (χ2n) is 6.09. The Morgan fingerprint density at radius 3 is 1.96 bits per heavy atom. The van der Waals surface area contributed by atoms with Crippen molar-refractivity contribution in [3.8, 4) is 0 Å². The second-order valence-corrected chi connectivity index (χ2v) is 6.09. The van der Waals surface area contributed by atoms with Crippen molar-refractivity contribution >= 4 is 29.7 Å². The molecule has 2 aliphatic heterocycles. The fourth-order valence-corrected chi connectivity index (χ4v) is 3.47. The highest BCUT2D eigenvalue weighted by atomic mass is 16.2. The predicted octanol–water partition coefficient (Wildman–Crippen LogP) is 1.57. The van der Waals surface area contributed by atoms with Crippen molar-refractivity contribution in [2.24, 2.45) is 0 Å². The molecule has 1 saturated heterocycles. The van der Waals surface area contributed by atoms with Crippen LogP contribution in [0.1, 0.15) is 26.3 Å². The van der Waals surface area contributed by atoms with E-state index in [-0.39, 0.29) is 11.1 Å². The van der Waals surface area contributed by atoms with E-state index in [9.17, 15) is 19.2 Å². The standard InChI is InChI=1S/C19H14N2O4/c1-11-6-2-5-9-14(11)20-15(10-22)16(19(20)25)21-17(23)12-7-3-4-8-13(12)18(21)24/h2-10,15-16H,1H3. The van der Waals surface area contributed by atoms with Gasteiger partial charge >= 0.3 is 0 Å². The van der Waals surface area contributed by atoms with Crippen LogP contribution in [0.2, 0.25) is 0 Å². The van der Waals surface area contributed by atoms with Gasteiger partial charge in [0.2, 0.25) is 0 Å². The quantitative estimate of drug-likeness (QED) is 0.485. The minimum atomic E-state index is -1.09. The summed E-state index contributed by atoms with van der Waals surface area (Å²) in [5.41, 5.74) is 1.97. The van der Waals surface area contributed by atoms with Crippen LogP contribution in [0, 0.1) is 6.92 Å². The largest absolute Gasteiger partial charge is 0.301 e. The van der Waals surface area contributed by atoms with Gasteiger partial charge in [-0.25, -0.2) is 0 Å². The number of benzene rings is 2. The molecule has 124 valence electrons. The molecule has 2 aliphatic rings. The number of anilines is 1. The van der Waals surface area contributed by atoms with Crippen LogP contribution >= 0.6 is 0 Å². The number of carbonyl (C=O) groups is 4. The maximum atomic E-state index is 12.7. The van der Waals surface area contributed by atoms with E-state index < -0.39 is 29.8 Å². The number of imide groups is 1. The number of hydrogen-bond acceptors (Lipinski definition) is 4. The SMILES string of the molecule is Cc1ccccc1N1C(=O)C(N2C(=O)c3ccccc3C2=O)C1C=O. The summed E-state index contributed by atoms with van der Waals surface area (Å²) >= 11 is 0. The first kappa shape index (κ1) is 15.3. The van der Waals surface area contributed by atoms with Crippen molar-refractivity contribution < 1.29 is 19.2 Å². The molecular weight excluding hydrogens is 320 g/mol. The lowest BCUT2D eigenvalue weighted by Crippen LogP contribution is -2.72. The van der Waals surface area contributed by atoms with E-state index in [1.54, 1.807) is 36.4 Å². The summed E-state index contributed by atoms with van der Waals surface area (Å²) in [6.07, 6.45) is 0.613. The predicted molar refractivity (Wildman–Crippen MR) is 89.2 cm³/mol. The van der Waals surface area contributed by atoms with Crippen LogP contribution in [0.4, 0.5) is 5.69 Å². The summed E-state index contributed by atoms with van der Waals surface area (Å²) < 4.78 is 0. The highest BCUT2D eigenvalue weighted by Crippen LogP contribution is 2.36. The summed E-state index contributed by atoms with van der Waals surface area (Å²) in [4.78, 5) is 51.8. The number of rotatable bonds is 3. The molecule has 4 rings (SSSR count). The molecular formula is C19H14N2O4. The van der Waals surface area contributed by atoms with Crippen molar-refractivity contribution in [2.75, 3.05) is 4.90 Å². The number of amides is 3. The lowest BCUT2D eigenvalue weighted by atomic mass is 9.92. The molecule has 0 aromatic heterocycles. The number of nitrogens with zero attached hydrogens (tertiary/aromatic N) is 2. The minimum absolute atomic E-state index is 0.263. The van der Waals surface area contributed by atoms with Crippen molar-refractivity contribution in [1.29, 1.82) is 0 Å². The zero-order chi connectivity index (χ0) is 17.7. The second kappa shape index (κ2) is 5.37. The Bertz CT molecular complexity index is 902. The maximum Gasteiger partial charge on any atom is 0.262 e. The highest BCUT2D eigenvalue weighted by Gasteiger charge is 2.57. The molecule has 2 aromatic rings. The van der Waals surface area contributed by atoms with E-state index in [1.807, 2.05) is 19.1 Å². The van der Waals surface area contributed by atoms with Gasteiger partial charge in [0.1, 0.15) is 18.4 Å². The Kier molecular flexibility index (Phi) is 3.28. The number of para-hydroxylation sites is 1. The fourth-order valence-electron chi connectivity index (χ4n) is 3.47. The summed E-state index contributed by atoms with van der Waals surface area (Å²) in [6, 6.07) is 11.6. The first-order chi connectivity index (χ1) is 12.1. The molecule has 25 heavy (non-hydrogen) atoms. The van der Waals surface area contributed by atoms with Gasteiger partial charge in [-0.05, 0) is 30.7 Å². The third-order valence-corrected chi connectivity index (χ3v) is 4.73. The van der Waals surface area contributed by atoms with Gasteiger partial charge in [0.25, 0.3) is 17.7 Å². The molecule has 3 amide bonds. The Labute approximate surface area is 143 Å².